The summed E-state index contributed by atoms with van der Waals surface area (Å²) >= 11 is 3.51. The number of carbonyl (C=O) groups is 1. The van der Waals surface area contributed by atoms with E-state index in [1.54, 1.807) is 0 Å². The van der Waals surface area contributed by atoms with Crippen LogP contribution >= 0.6 is 15.9 Å². The Balaban J connectivity index is 1.84. The van der Waals surface area contributed by atoms with Gasteiger partial charge in [-0.2, -0.15) is 0 Å². The summed E-state index contributed by atoms with van der Waals surface area (Å²) < 4.78 is 1.05. The fourth-order valence-corrected chi connectivity index (χ4v) is 3.78. The maximum Gasteiger partial charge on any atom is 0.242 e. The second kappa shape index (κ2) is 4.56. The van der Waals surface area contributed by atoms with Crippen LogP contribution in [0.3, 0.4) is 0 Å². The molecule has 3 rings (SSSR count). The van der Waals surface area contributed by atoms with Gasteiger partial charge in [0.05, 0.1) is 11.7 Å². The molecule has 1 amide bonds. The van der Waals surface area contributed by atoms with Crippen molar-refractivity contribution in [2.45, 2.75) is 37.8 Å². The van der Waals surface area contributed by atoms with Crippen molar-refractivity contribution < 1.29 is 4.79 Å². The Kier molecular flexibility index (Phi) is 3.14. The largest absolute Gasteiger partial charge is 0.344 e. The molecule has 0 saturated carbocycles. The van der Waals surface area contributed by atoms with E-state index in [0.29, 0.717) is 0 Å². The van der Waals surface area contributed by atoms with Gasteiger partial charge in [-0.1, -0.05) is 15.9 Å². The average molecular weight is 324 g/mol. The molecule has 5 heteroatoms. The topological polar surface area (TPSA) is 45.2 Å². The number of hydrogen-bond donors (Lipinski definition) is 1. The summed E-state index contributed by atoms with van der Waals surface area (Å²) in [6, 6.07) is 4.24. The lowest BCUT2D eigenvalue weighted by atomic mass is 9.96. The molecule has 3 heterocycles. The van der Waals surface area contributed by atoms with Gasteiger partial charge in [-0.05, 0) is 38.3 Å². The summed E-state index contributed by atoms with van der Waals surface area (Å²) in [5, 5.41) is 3.54. The molecule has 2 fully saturated rings. The zero-order valence-corrected chi connectivity index (χ0v) is 12.8. The number of carbonyl (C=O) groups excluding carboxylic acids is 1. The molecule has 4 nitrogen and oxygen atoms in total. The molecule has 0 radical (unpaired) electrons. The molecule has 2 saturated heterocycles. The van der Waals surface area contributed by atoms with Gasteiger partial charge < -0.3 is 4.90 Å². The molecule has 2 atom stereocenters. The van der Waals surface area contributed by atoms with E-state index in [9.17, 15) is 4.79 Å². The van der Waals surface area contributed by atoms with Crippen LogP contribution in [-0.2, 0) is 4.79 Å². The van der Waals surface area contributed by atoms with Crippen LogP contribution in [0.1, 0.15) is 36.7 Å². The molecule has 0 bridgehead atoms. The smallest absolute Gasteiger partial charge is 0.242 e. The summed E-state index contributed by atoms with van der Waals surface area (Å²) in [7, 11) is 1.88. The lowest BCUT2D eigenvalue weighted by Gasteiger charge is -2.23. The van der Waals surface area contributed by atoms with Crippen molar-refractivity contribution in [1.82, 2.24) is 15.2 Å². The third kappa shape index (κ3) is 2.19. The first-order valence-electron chi connectivity index (χ1n) is 6.67. The number of aromatic nitrogens is 1. The van der Waals surface area contributed by atoms with Crippen molar-refractivity contribution in [1.29, 1.82) is 0 Å². The third-order valence-electron chi connectivity index (χ3n) is 4.24. The van der Waals surface area contributed by atoms with Crippen molar-refractivity contribution >= 4 is 21.8 Å². The normalized spacial score (nSPS) is 30.6. The minimum absolute atomic E-state index is 0.187. The van der Waals surface area contributed by atoms with E-state index in [1.165, 1.54) is 0 Å². The molecule has 0 unspecified atom stereocenters. The zero-order valence-electron chi connectivity index (χ0n) is 11.2. The van der Waals surface area contributed by atoms with Crippen LogP contribution in [0.5, 0.6) is 0 Å². The molecule has 19 heavy (non-hydrogen) atoms. The van der Waals surface area contributed by atoms with E-state index in [2.05, 4.69) is 26.2 Å². The Morgan fingerprint density at radius 3 is 2.89 bits per heavy atom. The molecule has 1 spiro atoms. The van der Waals surface area contributed by atoms with Gasteiger partial charge in [0.15, 0.2) is 0 Å². The summed E-state index contributed by atoms with van der Waals surface area (Å²) in [5.41, 5.74) is 1.70. The predicted molar refractivity (Wildman–Crippen MR) is 76.8 cm³/mol. The summed E-state index contributed by atoms with van der Waals surface area (Å²) in [6.07, 6.45) is 2.79. The maximum atomic E-state index is 12.3. The highest BCUT2D eigenvalue weighted by Crippen LogP contribution is 2.38. The molecule has 102 valence electrons. The maximum absolute atomic E-state index is 12.3. The first-order chi connectivity index (χ1) is 9.00. The molecular weight excluding hydrogens is 306 g/mol. The number of nitrogens with one attached hydrogen (secondary N) is 1. The van der Waals surface area contributed by atoms with Crippen LogP contribution in [0.25, 0.3) is 0 Å². The molecule has 2 aliphatic rings. The van der Waals surface area contributed by atoms with Crippen LogP contribution in [0.15, 0.2) is 16.6 Å². The first-order valence-corrected chi connectivity index (χ1v) is 7.47. The quantitative estimate of drug-likeness (QED) is 0.861. The van der Waals surface area contributed by atoms with E-state index >= 15 is 0 Å². The Morgan fingerprint density at radius 1 is 1.47 bits per heavy atom. The molecule has 2 aliphatic heterocycles. The molecule has 1 aromatic rings. The first kappa shape index (κ1) is 13.1. The van der Waals surface area contributed by atoms with Gasteiger partial charge in [0.1, 0.15) is 5.54 Å². The van der Waals surface area contributed by atoms with Gasteiger partial charge in [-0.3, -0.25) is 15.1 Å². The minimum Gasteiger partial charge on any atom is -0.344 e. The highest BCUT2D eigenvalue weighted by molar-refractivity contribution is 9.10. The number of halogens is 1. The second-order valence-corrected chi connectivity index (χ2v) is 6.56. The Morgan fingerprint density at radius 2 is 2.26 bits per heavy atom. The average Bonchev–Trinajstić information content (AvgIpc) is 2.89. The van der Waals surface area contributed by atoms with Crippen molar-refractivity contribution in [3.63, 3.8) is 0 Å². The lowest BCUT2D eigenvalue weighted by molar-refractivity contribution is -0.131. The third-order valence-corrected chi connectivity index (χ3v) is 4.69. The van der Waals surface area contributed by atoms with E-state index in [-0.39, 0.29) is 17.5 Å². The van der Waals surface area contributed by atoms with E-state index in [1.807, 2.05) is 31.0 Å². The van der Waals surface area contributed by atoms with E-state index in [0.717, 1.165) is 41.7 Å². The van der Waals surface area contributed by atoms with Crippen LogP contribution < -0.4 is 5.32 Å². The van der Waals surface area contributed by atoms with Crippen LogP contribution in [0.4, 0.5) is 0 Å². The zero-order chi connectivity index (χ0) is 13.6. The fourth-order valence-electron chi connectivity index (χ4n) is 3.22. The Labute approximate surface area is 121 Å². The molecular formula is C14H18BrN3O. The summed E-state index contributed by atoms with van der Waals surface area (Å²) in [6.45, 7) is 2.84. The molecule has 0 aromatic carbocycles. The lowest BCUT2D eigenvalue weighted by Crippen LogP contribution is -2.47. The Hall–Kier alpha value is -0.940. The van der Waals surface area contributed by atoms with Crippen molar-refractivity contribution in [3.8, 4) is 0 Å². The van der Waals surface area contributed by atoms with Gasteiger partial charge in [0.25, 0.3) is 0 Å². The van der Waals surface area contributed by atoms with E-state index in [4.69, 9.17) is 0 Å². The van der Waals surface area contributed by atoms with Crippen LogP contribution in [0.2, 0.25) is 0 Å². The molecule has 1 N–H and O–H groups in total. The number of nitrogens with zero attached hydrogens (tertiary/aromatic N) is 2. The standard InChI is InChI=1S/C14H18BrN3O/c1-9-7-10(15)8-12(16-9)11-3-4-14(17-11)5-6-18(2)13(14)19/h7-8,11,17H,3-6H2,1-2H3/t11-,14-/m0/s1. The number of likely N-dealkylation sites (N-methyl/N-ethyl adjacent to an activating group) is 1. The number of rotatable bonds is 1. The van der Waals surface area contributed by atoms with Crippen molar-refractivity contribution in [3.05, 3.63) is 28.0 Å². The highest BCUT2D eigenvalue weighted by atomic mass is 79.9. The van der Waals surface area contributed by atoms with Gasteiger partial charge in [-0.25, -0.2) is 0 Å². The minimum atomic E-state index is -0.336. The monoisotopic (exact) mass is 323 g/mol. The van der Waals surface area contributed by atoms with Crippen molar-refractivity contribution in [2.24, 2.45) is 0 Å². The number of amides is 1. The SMILES string of the molecule is Cc1cc(Br)cc([C@@H]2CC[C@@]3(CCN(C)C3=O)N2)n1. The van der Waals surface area contributed by atoms with Gasteiger partial charge >= 0.3 is 0 Å². The predicted octanol–water partition coefficient (Wildman–Crippen LogP) is 2.18. The fraction of sp³-hybridized carbons (Fsp3) is 0.571. The van der Waals surface area contributed by atoms with Crippen LogP contribution in [-0.4, -0.2) is 34.9 Å². The van der Waals surface area contributed by atoms with Gasteiger partial charge in [0, 0.05) is 23.8 Å². The Bertz CT molecular complexity index is 513. The van der Waals surface area contributed by atoms with E-state index < -0.39 is 0 Å². The summed E-state index contributed by atoms with van der Waals surface area (Å²) in [5.74, 6) is 0.238. The van der Waals surface area contributed by atoms with Crippen molar-refractivity contribution in [2.75, 3.05) is 13.6 Å². The van der Waals surface area contributed by atoms with Crippen LogP contribution in [0, 0.1) is 6.92 Å². The molecule has 0 aliphatic carbocycles. The number of likely N-dealkylation sites (tertiary alicyclic amines) is 1. The number of aryl methyl sites for hydroxylation is 1. The summed E-state index contributed by atoms with van der Waals surface area (Å²) in [4.78, 5) is 18.7. The molecule has 1 aromatic heterocycles. The number of pyridine rings is 1. The second-order valence-electron chi connectivity index (χ2n) is 5.65. The highest BCUT2D eigenvalue weighted by Gasteiger charge is 2.50. The number of hydrogen-bond acceptors (Lipinski definition) is 3. The van der Waals surface area contributed by atoms with Gasteiger partial charge in [0.2, 0.25) is 5.91 Å². The van der Waals surface area contributed by atoms with Gasteiger partial charge in [-0.15, -0.1) is 0 Å².